The quantitative estimate of drug-likeness (QED) is 0.339. The summed E-state index contributed by atoms with van der Waals surface area (Å²) in [5.74, 6) is 2.58. The molecule has 0 saturated carbocycles. The Bertz CT molecular complexity index is 1290. The molecule has 3 heterocycles. The molecule has 2 aromatic carbocycles. The maximum absolute atomic E-state index is 4.84. The molecule has 5 aromatic rings. The standard InChI is InChI=1S/C25H25N7S/c1-2-6-24-26-23(15-14-20-7-5-16-33-20)29-32(24)17-18-10-12-19(13-11-18)21-8-3-4-9-22(21)25-27-30-31-28-25/h3-5,7-13,16H,2,6,14-15,17H2,1H3,(H,27,28,30,31). The monoisotopic (exact) mass is 455 g/mol. The van der Waals surface area contributed by atoms with E-state index in [9.17, 15) is 0 Å². The molecule has 33 heavy (non-hydrogen) atoms. The summed E-state index contributed by atoms with van der Waals surface area (Å²) in [5, 5.41) is 21.5. The van der Waals surface area contributed by atoms with Crippen molar-refractivity contribution in [2.24, 2.45) is 0 Å². The van der Waals surface area contributed by atoms with Crippen LogP contribution in [0.2, 0.25) is 0 Å². The van der Waals surface area contributed by atoms with Gasteiger partial charge in [-0.2, -0.15) is 10.3 Å². The Labute approximate surface area is 196 Å². The van der Waals surface area contributed by atoms with Gasteiger partial charge >= 0.3 is 0 Å². The number of rotatable bonds is 9. The predicted octanol–water partition coefficient (Wildman–Crippen LogP) is 4.97. The van der Waals surface area contributed by atoms with Crippen molar-refractivity contribution in [1.29, 1.82) is 0 Å². The smallest absolute Gasteiger partial charge is 0.205 e. The average Bonchev–Trinajstić information content (AvgIpc) is 3.62. The zero-order chi connectivity index (χ0) is 22.5. The molecule has 5 rings (SSSR count). The Morgan fingerprint density at radius 3 is 2.48 bits per heavy atom. The number of nitrogens with one attached hydrogen (secondary N) is 1. The lowest BCUT2D eigenvalue weighted by atomic mass is 9.98. The Kier molecular flexibility index (Phi) is 6.34. The van der Waals surface area contributed by atoms with Crippen molar-refractivity contribution in [2.45, 2.75) is 39.2 Å². The number of thiophene rings is 1. The fourth-order valence-electron chi connectivity index (χ4n) is 3.93. The molecule has 0 atom stereocenters. The number of aryl methyl sites for hydroxylation is 3. The number of hydrogen-bond donors (Lipinski definition) is 1. The van der Waals surface area contributed by atoms with Gasteiger partial charge in [-0.05, 0) is 46.2 Å². The third-order valence-corrected chi connectivity index (χ3v) is 6.49. The number of benzene rings is 2. The second-order valence-corrected chi connectivity index (χ2v) is 8.94. The SMILES string of the molecule is CCCc1nc(CCc2cccs2)nn1Cc1ccc(-c2ccccc2-c2nn[nH]n2)cc1. The summed E-state index contributed by atoms with van der Waals surface area (Å²) in [6.45, 7) is 2.90. The number of H-pyrrole nitrogens is 1. The topological polar surface area (TPSA) is 85.2 Å². The maximum atomic E-state index is 4.84. The molecule has 7 nitrogen and oxygen atoms in total. The van der Waals surface area contributed by atoms with E-state index in [0.717, 1.165) is 54.0 Å². The fourth-order valence-corrected chi connectivity index (χ4v) is 4.63. The summed E-state index contributed by atoms with van der Waals surface area (Å²) in [6, 6.07) is 21.0. The van der Waals surface area contributed by atoms with Crippen LogP contribution >= 0.6 is 11.3 Å². The molecule has 166 valence electrons. The number of tetrazole rings is 1. The molecule has 0 saturated heterocycles. The maximum Gasteiger partial charge on any atom is 0.205 e. The lowest BCUT2D eigenvalue weighted by Gasteiger charge is -2.09. The fraction of sp³-hybridized carbons (Fsp3) is 0.240. The van der Waals surface area contributed by atoms with Crippen molar-refractivity contribution in [2.75, 3.05) is 0 Å². The van der Waals surface area contributed by atoms with Crippen LogP contribution < -0.4 is 0 Å². The summed E-state index contributed by atoms with van der Waals surface area (Å²) in [5.41, 5.74) is 4.34. The Hall–Kier alpha value is -3.65. The second-order valence-electron chi connectivity index (χ2n) is 7.91. The van der Waals surface area contributed by atoms with E-state index in [2.05, 4.69) is 80.1 Å². The van der Waals surface area contributed by atoms with Crippen molar-refractivity contribution in [3.8, 4) is 22.5 Å². The van der Waals surface area contributed by atoms with E-state index < -0.39 is 0 Å². The van der Waals surface area contributed by atoms with Gasteiger partial charge in [0.25, 0.3) is 0 Å². The highest BCUT2D eigenvalue weighted by molar-refractivity contribution is 7.09. The second kappa shape index (κ2) is 9.87. The zero-order valence-electron chi connectivity index (χ0n) is 18.5. The van der Waals surface area contributed by atoms with Gasteiger partial charge in [0.15, 0.2) is 5.82 Å². The van der Waals surface area contributed by atoms with Gasteiger partial charge in [0.1, 0.15) is 5.82 Å². The van der Waals surface area contributed by atoms with E-state index in [1.807, 2.05) is 18.2 Å². The van der Waals surface area contributed by atoms with Gasteiger partial charge in [-0.1, -0.05) is 61.5 Å². The highest BCUT2D eigenvalue weighted by atomic mass is 32.1. The minimum atomic E-state index is 0.594. The summed E-state index contributed by atoms with van der Waals surface area (Å²) in [7, 11) is 0. The van der Waals surface area contributed by atoms with E-state index in [4.69, 9.17) is 10.1 Å². The van der Waals surface area contributed by atoms with E-state index in [0.29, 0.717) is 12.4 Å². The molecule has 0 spiro atoms. The third-order valence-electron chi connectivity index (χ3n) is 5.55. The van der Waals surface area contributed by atoms with E-state index in [1.54, 1.807) is 11.3 Å². The largest absolute Gasteiger partial charge is 0.245 e. The molecule has 0 aliphatic carbocycles. The molecule has 0 unspecified atom stereocenters. The van der Waals surface area contributed by atoms with Crippen LogP contribution in [0.4, 0.5) is 0 Å². The van der Waals surface area contributed by atoms with Gasteiger partial charge < -0.3 is 0 Å². The van der Waals surface area contributed by atoms with Crippen molar-refractivity contribution < 1.29 is 0 Å². The Balaban J connectivity index is 1.34. The molecule has 8 heteroatoms. The van der Waals surface area contributed by atoms with Crippen LogP contribution in [0.25, 0.3) is 22.5 Å². The zero-order valence-corrected chi connectivity index (χ0v) is 19.3. The van der Waals surface area contributed by atoms with Crippen LogP contribution in [0.5, 0.6) is 0 Å². The number of aromatic nitrogens is 7. The van der Waals surface area contributed by atoms with Gasteiger partial charge in [-0.15, -0.1) is 21.5 Å². The molecule has 0 radical (unpaired) electrons. The first-order valence-corrected chi connectivity index (χ1v) is 12.0. The van der Waals surface area contributed by atoms with E-state index in [-0.39, 0.29) is 0 Å². The van der Waals surface area contributed by atoms with Crippen LogP contribution in [0.1, 0.15) is 35.4 Å². The van der Waals surface area contributed by atoms with Gasteiger partial charge in [0, 0.05) is 23.3 Å². The van der Waals surface area contributed by atoms with Crippen LogP contribution in [-0.4, -0.2) is 35.4 Å². The number of nitrogens with zero attached hydrogens (tertiary/aromatic N) is 6. The highest BCUT2D eigenvalue weighted by Crippen LogP contribution is 2.29. The van der Waals surface area contributed by atoms with E-state index in [1.165, 1.54) is 10.4 Å². The van der Waals surface area contributed by atoms with Crippen molar-refractivity contribution in [1.82, 2.24) is 35.4 Å². The van der Waals surface area contributed by atoms with Crippen molar-refractivity contribution in [3.63, 3.8) is 0 Å². The minimum absolute atomic E-state index is 0.594. The Morgan fingerprint density at radius 2 is 1.76 bits per heavy atom. The van der Waals surface area contributed by atoms with Gasteiger partial charge in [0.2, 0.25) is 5.82 Å². The summed E-state index contributed by atoms with van der Waals surface area (Å²) < 4.78 is 2.07. The average molecular weight is 456 g/mol. The molecule has 0 aliphatic rings. The van der Waals surface area contributed by atoms with Gasteiger partial charge in [-0.3, -0.25) is 0 Å². The minimum Gasteiger partial charge on any atom is -0.245 e. The summed E-state index contributed by atoms with van der Waals surface area (Å²) >= 11 is 1.79. The number of hydrogen-bond acceptors (Lipinski definition) is 6. The Morgan fingerprint density at radius 1 is 0.909 bits per heavy atom. The van der Waals surface area contributed by atoms with Crippen LogP contribution in [0.3, 0.4) is 0 Å². The summed E-state index contributed by atoms with van der Waals surface area (Å²) in [4.78, 5) is 6.21. The normalized spacial score (nSPS) is 11.2. The lowest BCUT2D eigenvalue weighted by Crippen LogP contribution is -2.07. The van der Waals surface area contributed by atoms with Crippen molar-refractivity contribution in [3.05, 3.63) is 88.1 Å². The highest BCUT2D eigenvalue weighted by Gasteiger charge is 2.13. The first kappa shape index (κ1) is 21.2. The molecule has 0 fully saturated rings. The molecule has 0 amide bonds. The van der Waals surface area contributed by atoms with Crippen LogP contribution in [0, 0.1) is 0 Å². The van der Waals surface area contributed by atoms with Gasteiger partial charge in [-0.25, -0.2) is 9.67 Å². The van der Waals surface area contributed by atoms with Crippen LogP contribution in [0.15, 0.2) is 66.0 Å². The molecule has 1 N–H and O–H groups in total. The van der Waals surface area contributed by atoms with Crippen LogP contribution in [-0.2, 0) is 25.8 Å². The van der Waals surface area contributed by atoms with Crippen molar-refractivity contribution >= 4 is 11.3 Å². The molecule has 0 bridgehead atoms. The molecular formula is C25H25N7S. The lowest BCUT2D eigenvalue weighted by molar-refractivity contribution is 0.624. The first-order valence-electron chi connectivity index (χ1n) is 11.2. The number of aromatic amines is 1. The first-order chi connectivity index (χ1) is 16.3. The van der Waals surface area contributed by atoms with E-state index >= 15 is 0 Å². The molecule has 0 aliphatic heterocycles. The predicted molar refractivity (Wildman–Crippen MR) is 130 cm³/mol. The summed E-state index contributed by atoms with van der Waals surface area (Å²) in [6.07, 6.45) is 3.84. The van der Waals surface area contributed by atoms with Gasteiger partial charge in [0.05, 0.1) is 6.54 Å². The molecule has 3 aromatic heterocycles. The third kappa shape index (κ3) is 4.90. The molecular weight excluding hydrogens is 430 g/mol.